The Morgan fingerprint density at radius 3 is 2.48 bits per heavy atom. The largest absolute Gasteiger partial charge is 0.481 e. The standard InChI is InChI=1S/C18H15ClN2O5S/c1-11-15(9-18(23)24)16-8-13(20-10-22)4-7-17(16)21(11)27(25,26)14-5-2-12(19)3-6-14/h2-8,10H,9H2,1H3,(H,20,22)(H,23,24). The van der Waals surface area contributed by atoms with E-state index in [1.807, 2.05) is 0 Å². The molecular weight excluding hydrogens is 392 g/mol. The molecule has 0 saturated heterocycles. The molecule has 0 aliphatic carbocycles. The number of nitrogens with one attached hydrogen (secondary N) is 1. The fourth-order valence-corrected chi connectivity index (χ4v) is 4.71. The van der Waals surface area contributed by atoms with E-state index in [9.17, 15) is 23.1 Å². The van der Waals surface area contributed by atoms with Gasteiger partial charge in [-0.1, -0.05) is 11.6 Å². The number of fused-ring (bicyclic) bond motifs is 1. The number of carbonyl (C=O) groups is 2. The number of anilines is 1. The molecule has 2 N–H and O–H groups in total. The number of carboxylic acid groups (broad SMARTS) is 1. The van der Waals surface area contributed by atoms with Gasteiger partial charge in [0.2, 0.25) is 6.41 Å². The molecule has 2 aromatic carbocycles. The minimum Gasteiger partial charge on any atom is -0.481 e. The van der Waals surface area contributed by atoms with Gasteiger partial charge in [-0.15, -0.1) is 0 Å². The highest BCUT2D eigenvalue weighted by molar-refractivity contribution is 7.90. The van der Waals surface area contributed by atoms with Crippen LogP contribution < -0.4 is 5.32 Å². The Morgan fingerprint density at radius 2 is 1.89 bits per heavy atom. The summed E-state index contributed by atoms with van der Waals surface area (Å²) in [6, 6.07) is 10.4. The summed E-state index contributed by atoms with van der Waals surface area (Å²) in [4.78, 5) is 22.0. The summed E-state index contributed by atoms with van der Waals surface area (Å²) in [5.41, 5.74) is 1.43. The zero-order valence-corrected chi connectivity index (χ0v) is 15.7. The molecule has 7 nitrogen and oxygen atoms in total. The third-order valence-electron chi connectivity index (χ3n) is 4.19. The van der Waals surface area contributed by atoms with Crippen LogP contribution in [0.4, 0.5) is 5.69 Å². The quantitative estimate of drug-likeness (QED) is 0.612. The Kier molecular flexibility index (Phi) is 4.95. The number of hydrogen-bond acceptors (Lipinski definition) is 4. The molecule has 0 fully saturated rings. The van der Waals surface area contributed by atoms with Crippen molar-refractivity contribution < 1.29 is 23.1 Å². The SMILES string of the molecule is Cc1c(CC(=O)O)c2cc(NC=O)ccc2n1S(=O)(=O)c1ccc(Cl)cc1. The summed E-state index contributed by atoms with van der Waals surface area (Å²) in [5.74, 6) is -1.09. The minimum atomic E-state index is -3.98. The summed E-state index contributed by atoms with van der Waals surface area (Å²) in [6.07, 6.45) is 0.141. The van der Waals surface area contributed by atoms with Crippen LogP contribution in [-0.4, -0.2) is 29.9 Å². The average molecular weight is 407 g/mol. The van der Waals surface area contributed by atoms with Gasteiger partial charge in [0.25, 0.3) is 10.0 Å². The molecule has 27 heavy (non-hydrogen) atoms. The van der Waals surface area contributed by atoms with Gasteiger partial charge in [-0.2, -0.15) is 0 Å². The first-order valence-corrected chi connectivity index (χ1v) is 9.64. The maximum atomic E-state index is 13.2. The predicted octanol–water partition coefficient (Wildman–Crippen LogP) is 3.04. The van der Waals surface area contributed by atoms with E-state index in [1.54, 1.807) is 19.1 Å². The number of carbonyl (C=O) groups excluding carboxylic acids is 1. The number of benzene rings is 2. The van der Waals surface area contributed by atoms with Crippen molar-refractivity contribution in [1.82, 2.24) is 3.97 Å². The molecule has 0 radical (unpaired) electrons. The van der Waals surface area contributed by atoms with Crippen LogP contribution in [0.2, 0.25) is 5.02 Å². The van der Waals surface area contributed by atoms with E-state index in [-0.39, 0.29) is 11.3 Å². The first-order valence-electron chi connectivity index (χ1n) is 7.82. The van der Waals surface area contributed by atoms with Crippen molar-refractivity contribution in [3.63, 3.8) is 0 Å². The van der Waals surface area contributed by atoms with Gasteiger partial charge >= 0.3 is 5.97 Å². The molecule has 1 amide bonds. The highest BCUT2D eigenvalue weighted by Gasteiger charge is 2.26. The number of rotatable bonds is 6. The maximum Gasteiger partial charge on any atom is 0.307 e. The van der Waals surface area contributed by atoms with Crippen LogP contribution in [0.25, 0.3) is 10.9 Å². The lowest BCUT2D eigenvalue weighted by molar-refractivity contribution is -0.136. The fourth-order valence-electron chi connectivity index (χ4n) is 3.01. The zero-order valence-electron chi connectivity index (χ0n) is 14.1. The first kappa shape index (κ1) is 18.9. The maximum absolute atomic E-state index is 13.2. The van der Waals surface area contributed by atoms with Crippen molar-refractivity contribution in [2.75, 3.05) is 5.32 Å². The van der Waals surface area contributed by atoms with Gasteiger partial charge in [-0.25, -0.2) is 12.4 Å². The lowest BCUT2D eigenvalue weighted by Crippen LogP contribution is -2.15. The lowest BCUT2D eigenvalue weighted by Gasteiger charge is -2.10. The van der Waals surface area contributed by atoms with Crippen LogP contribution >= 0.6 is 11.6 Å². The number of nitrogens with zero attached hydrogens (tertiary/aromatic N) is 1. The number of hydrogen-bond donors (Lipinski definition) is 2. The molecule has 3 rings (SSSR count). The van der Waals surface area contributed by atoms with Gasteiger partial charge in [0.1, 0.15) is 0 Å². The summed E-state index contributed by atoms with van der Waals surface area (Å²) < 4.78 is 27.5. The van der Waals surface area contributed by atoms with Gasteiger partial charge in [0.05, 0.1) is 16.8 Å². The minimum absolute atomic E-state index is 0.0314. The monoisotopic (exact) mass is 406 g/mol. The van der Waals surface area contributed by atoms with Gasteiger partial charge in [-0.3, -0.25) is 9.59 Å². The number of halogens is 1. The van der Waals surface area contributed by atoms with Gasteiger partial charge in [0.15, 0.2) is 0 Å². The Hall–Kier alpha value is -2.84. The van der Waals surface area contributed by atoms with Crippen LogP contribution in [-0.2, 0) is 26.0 Å². The van der Waals surface area contributed by atoms with E-state index in [0.717, 1.165) is 3.97 Å². The van der Waals surface area contributed by atoms with Crippen LogP contribution in [0.5, 0.6) is 0 Å². The number of amides is 1. The predicted molar refractivity (Wildman–Crippen MR) is 102 cm³/mol. The van der Waals surface area contributed by atoms with Crippen LogP contribution in [0.1, 0.15) is 11.3 Å². The molecule has 0 unspecified atom stereocenters. The molecule has 0 atom stereocenters. The number of aliphatic carboxylic acids is 1. The van der Waals surface area contributed by atoms with Crippen molar-refractivity contribution >= 4 is 50.6 Å². The molecule has 1 aromatic heterocycles. The van der Waals surface area contributed by atoms with Crippen LogP contribution in [0.3, 0.4) is 0 Å². The third kappa shape index (κ3) is 3.41. The second-order valence-electron chi connectivity index (χ2n) is 5.85. The van der Waals surface area contributed by atoms with Crippen LogP contribution in [0.15, 0.2) is 47.4 Å². The van der Waals surface area contributed by atoms with E-state index in [0.29, 0.717) is 39.3 Å². The summed E-state index contributed by atoms with van der Waals surface area (Å²) in [6.45, 7) is 1.55. The number of carboxylic acids is 1. The third-order valence-corrected chi connectivity index (χ3v) is 6.26. The van der Waals surface area contributed by atoms with Crippen molar-refractivity contribution in [2.45, 2.75) is 18.2 Å². The Bertz CT molecular complexity index is 1150. The van der Waals surface area contributed by atoms with Gasteiger partial charge in [-0.05, 0) is 55.0 Å². The normalized spacial score (nSPS) is 11.5. The lowest BCUT2D eigenvalue weighted by atomic mass is 10.1. The van der Waals surface area contributed by atoms with E-state index in [1.165, 1.54) is 30.3 Å². The molecule has 3 aromatic rings. The fraction of sp³-hybridized carbons (Fsp3) is 0.111. The van der Waals surface area contributed by atoms with Crippen LogP contribution in [0, 0.1) is 6.92 Å². The molecule has 0 spiro atoms. The smallest absolute Gasteiger partial charge is 0.307 e. The van der Waals surface area contributed by atoms with Crippen molar-refractivity contribution in [3.8, 4) is 0 Å². The molecule has 0 aliphatic rings. The van der Waals surface area contributed by atoms with Crippen molar-refractivity contribution in [1.29, 1.82) is 0 Å². The molecule has 0 bridgehead atoms. The van der Waals surface area contributed by atoms with Gasteiger partial charge in [0, 0.05) is 21.8 Å². The Balaban J connectivity index is 2.32. The summed E-state index contributed by atoms with van der Waals surface area (Å²) in [5, 5.41) is 12.6. The highest BCUT2D eigenvalue weighted by Crippen LogP contribution is 2.32. The summed E-state index contributed by atoms with van der Waals surface area (Å²) >= 11 is 5.84. The first-order chi connectivity index (χ1) is 12.8. The van der Waals surface area contributed by atoms with E-state index < -0.39 is 16.0 Å². The molecule has 1 heterocycles. The van der Waals surface area contributed by atoms with Crippen molar-refractivity contribution in [3.05, 3.63) is 58.7 Å². The zero-order chi connectivity index (χ0) is 19.8. The second-order valence-corrected chi connectivity index (χ2v) is 8.08. The second kappa shape index (κ2) is 7.05. The molecule has 0 saturated carbocycles. The Labute approximate surface area is 160 Å². The topological polar surface area (TPSA) is 105 Å². The van der Waals surface area contributed by atoms with Crippen molar-refractivity contribution in [2.24, 2.45) is 0 Å². The molecule has 140 valence electrons. The van der Waals surface area contributed by atoms with E-state index in [4.69, 9.17) is 11.6 Å². The van der Waals surface area contributed by atoms with E-state index in [2.05, 4.69) is 5.32 Å². The summed E-state index contributed by atoms with van der Waals surface area (Å²) in [7, 11) is -3.98. The van der Waals surface area contributed by atoms with Gasteiger partial charge < -0.3 is 10.4 Å². The number of aromatic nitrogens is 1. The molecular formula is C18H15ClN2O5S. The highest BCUT2D eigenvalue weighted by atomic mass is 35.5. The average Bonchev–Trinajstić information content (AvgIpc) is 2.87. The Morgan fingerprint density at radius 1 is 1.22 bits per heavy atom. The van der Waals surface area contributed by atoms with E-state index >= 15 is 0 Å². The molecule has 9 heteroatoms. The molecule has 0 aliphatic heterocycles.